The maximum absolute atomic E-state index is 13.1. The van der Waals surface area contributed by atoms with E-state index in [1.54, 1.807) is 19.1 Å². The highest BCUT2D eigenvalue weighted by Crippen LogP contribution is 2.19. The predicted molar refractivity (Wildman–Crippen MR) is 59.8 cm³/mol. The summed E-state index contributed by atoms with van der Waals surface area (Å²) >= 11 is 0. The first-order valence-electron chi connectivity index (χ1n) is 5.25. The highest BCUT2D eigenvalue weighted by molar-refractivity contribution is 5.68. The van der Waals surface area contributed by atoms with Gasteiger partial charge in [-0.15, -0.1) is 0 Å². The number of carboxylic acid groups (broad SMARTS) is 1. The van der Waals surface area contributed by atoms with Crippen molar-refractivity contribution < 1.29 is 14.3 Å². The minimum atomic E-state index is -0.868. The molecule has 0 aliphatic rings. The third-order valence-electron chi connectivity index (χ3n) is 2.41. The number of hydrogen-bond donors (Lipinski definition) is 2. The van der Waals surface area contributed by atoms with Gasteiger partial charge in [0.05, 0.1) is 6.42 Å². The lowest BCUT2D eigenvalue weighted by atomic mass is 10.0. The standard InChI is InChI=1S/C12H16FNO2/c1-3-14-11(7-12(15)16)9-4-5-10(13)8(2)6-9/h4-6,11,14H,3,7H2,1-2H3,(H,15,16). The van der Waals surface area contributed by atoms with E-state index < -0.39 is 5.97 Å². The minimum Gasteiger partial charge on any atom is -0.481 e. The molecule has 0 heterocycles. The molecule has 16 heavy (non-hydrogen) atoms. The fourth-order valence-corrected chi connectivity index (χ4v) is 1.61. The number of hydrogen-bond acceptors (Lipinski definition) is 2. The molecule has 4 heteroatoms. The highest BCUT2D eigenvalue weighted by atomic mass is 19.1. The Bertz CT molecular complexity index is 379. The van der Waals surface area contributed by atoms with E-state index in [0.29, 0.717) is 12.1 Å². The van der Waals surface area contributed by atoms with E-state index in [0.717, 1.165) is 5.56 Å². The molecule has 1 unspecified atom stereocenters. The van der Waals surface area contributed by atoms with E-state index in [1.165, 1.54) is 6.07 Å². The normalized spacial score (nSPS) is 12.4. The van der Waals surface area contributed by atoms with E-state index >= 15 is 0 Å². The summed E-state index contributed by atoms with van der Waals surface area (Å²) in [6.07, 6.45) is -0.00108. The van der Waals surface area contributed by atoms with Gasteiger partial charge < -0.3 is 10.4 Å². The average Bonchev–Trinajstić information content (AvgIpc) is 2.21. The van der Waals surface area contributed by atoms with Gasteiger partial charge in [-0.2, -0.15) is 0 Å². The Morgan fingerprint density at radius 3 is 2.75 bits per heavy atom. The average molecular weight is 225 g/mol. The van der Waals surface area contributed by atoms with Gasteiger partial charge in [-0.05, 0) is 30.7 Å². The summed E-state index contributed by atoms with van der Waals surface area (Å²) in [5.41, 5.74) is 1.34. The molecule has 0 saturated carbocycles. The highest BCUT2D eigenvalue weighted by Gasteiger charge is 2.14. The first kappa shape index (κ1) is 12.6. The van der Waals surface area contributed by atoms with Crippen LogP contribution in [0.1, 0.15) is 30.5 Å². The van der Waals surface area contributed by atoms with Crippen molar-refractivity contribution in [3.63, 3.8) is 0 Å². The summed E-state index contributed by atoms with van der Waals surface area (Å²) in [5, 5.41) is 11.9. The van der Waals surface area contributed by atoms with E-state index in [9.17, 15) is 9.18 Å². The van der Waals surface area contributed by atoms with Crippen LogP contribution in [0.3, 0.4) is 0 Å². The van der Waals surface area contributed by atoms with Crippen LogP contribution in [0, 0.1) is 12.7 Å². The van der Waals surface area contributed by atoms with Crippen LogP contribution in [0.5, 0.6) is 0 Å². The monoisotopic (exact) mass is 225 g/mol. The maximum Gasteiger partial charge on any atom is 0.305 e. The predicted octanol–water partition coefficient (Wildman–Crippen LogP) is 2.26. The SMILES string of the molecule is CCNC(CC(=O)O)c1ccc(F)c(C)c1. The van der Waals surface area contributed by atoms with Crippen molar-refractivity contribution in [1.29, 1.82) is 0 Å². The van der Waals surface area contributed by atoms with Gasteiger partial charge in [0.15, 0.2) is 0 Å². The molecule has 2 N–H and O–H groups in total. The van der Waals surface area contributed by atoms with Crippen LogP contribution in [-0.2, 0) is 4.79 Å². The number of nitrogens with one attached hydrogen (secondary N) is 1. The Labute approximate surface area is 94.3 Å². The zero-order chi connectivity index (χ0) is 12.1. The summed E-state index contributed by atoms with van der Waals surface area (Å²) in [4.78, 5) is 10.7. The molecule has 0 amide bonds. The van der Waals surface area contributed by atoms with E-state index in [1.807, 2.05) is 6.92 Å². The molecule has 1 aromatic rings. The molecule has 1 aromatic carbocycles. The molecule has 0 saturated heterocycles. The second-order valence-corrected chi connectivity index (χ2v) is 3.72. The largest absolute Gasteiger partial charge is 0.481 e. The Morgan fingerprint density at radius 2 is 2.25 bits per heavy atom. The van der Waals surface area contributed by atoms with Crippen molar-refractivity contribution in [2.24, 2.45) is 0 Å². The zero-order valence-corrected chi connectivity index (χ0v) is 9.46. The fourth-order valence-electron chi connectivity index (χ4n) is 1.61. The lowest BCUT2D eigenvalue weighted by molar-refractivity contribution is -0.137. The van der Waals surface area contributed by atoms with E-state index in [2.05, 4.69) is 5.32 Å². The molecular weight excluding hydrogens is 209 g/mol. The lowest BCUT2D eigenvalue weighted by Crippen LogP contribution is -2.23. The third kappa shape index (κ3) is 3.31. The molecule has 0 spiro atoms. The van der Waals surface area contributed by atoms with Crippen molar-refractivity contribution in [3.05, 3.63) is 35.1 Å². The van der Waals surface area contributed by atoms with Gasteiger partial charge >= 0.3 is 5.97 Å². The van der Waals surface area contributed by atoms with Crippen molar-refractivity contribution in [1.82, 2.24) is 5.32 Å². The van der Waals surface area contributed by atoms with E-state index in [4.69, 9.17) is 5.11 Å². The summed E-state index contributed by atoms with van der Waals surface area (Å²) in [6, 6.07) is 4.42. The van der Waals surface area contributed by atoms with Gasteiger partial charge in [0, 0.05) is 6.04 Å². The topological polar surface area (TPSA) is 49.3 Å². The molecule has 0 radical (unpaired) electrons. The summed E-state index contributed by atoms with van der Waals surface area (Å²) in [5.74, 6) is -1.14. The van der Waals surface area contributed by atoms with Gasteiger partial charge in [0.1, 0.15) is 5.82 Å². The van der Waals surface area contributed by atoms with Crippen LogP contribution in [-0.4, -0.2) is 17.6 Å². The van der Waals surface area contributed by atoms with Crippen LogP contribution < -0.4 is 5.32 Å². The molecule has 1 atom stereocenters. The quantitative estimate of drug-likeness (QED) is 0.808. The van der Waals surface area contributed by atoms with Crippen LogP contribution in [0.15, 0.2) is 18.2 Å². The number of halogens is 1. The van der Waals surface area contributed by atoms with Crippen LogP contribution in [0.4, 0.5) is 4.39 Å². The van der Waals surface area contributed by atoms with Gasteiger partial charge in [0.25, 0.3) is 0 Å². The fraction of sp³-hybridized carbons (Fsp3) is 0.417. The molecule has 1 rings (SSSR count). The number of benzene rings is 1. The van der Waals surface area contributed by atoms with Crippen molar-refractivity contribution in [2.75, 3.05) is 6.54 Å². The molecule has 0 bridgehead atoms. The third-order valence-corrected chi connectivity index (χ3v) is 2.41. The van der Waals surface area contributed by atoms with Crippen molar-refractivity contribution in [3.8, 4) is 0 Å². The van der Waals surface area contributed by atoms with Crippen LogP contribution in [0.25, 0.3) is 0 Å². The summed E-state index contributed by atoms with van der Waals surface area (Å²) < 4.78 is 13.1. The molecular formula is C12H16FNO2. The molecule has 0 aliphatic heterocycles. The summed E-state index contributed by atoms with van der Waals surface area (Å²) in [6.45, 7) is 4.25. The smallest absolute Gasteiger partial charge is 0.305 e. The number of aliphatic carboxylic acids is 1. The van der Waals surface area contributed by atoms with Gasteiger partial charge in [-0.3, -0.25) is 4.79 Å². The van der Waals surface area contributed by atoms with Crippen LogP contribution >= 0.6 is 0 Å². The Balaban J connectivity index is 2.91. The molecule has 0 fully saturated rings. The molecule has 0 aromatic heterocycles. The molecule has 0 aliphatic carbocycles. The summed E-state index contributed by atoms with van der Waals surface area (Å²) in [7, 11) is 0. The Kier molecular flexibility index (Phi) is 4.43. The number of carboxylic acids is 1. The second-order valence-electron chi connectivity index (χ2n) is 3.72. The van der Waals surface area contributed by atoms with E-state index in [-0.39, 0.29) is 18.3 Å². The van der Waals surface area contributed by atoms with Gasteiger partial charge in [-0.1, -0.05) is 19.1 Å². The lowest BCUT2D eigenvalue weighted by Gasteiger charge is -2.16. The molecule has 3 nitrogen and oxygen atoms in total. The molecule has 88 valence electrons. The zero-order valence-electron chi connectivity index (χ0n) is 9.46. The van der Waals surface area contributed by atoms with Crippen molar-refractivity contribution in [2.45, 2.75) is 26.3 Å². The van der Waals surface area contributed by atoms with Gasteiger partial charge in [0.2, 0.25) is 0 Å². The second kappa shape index (κ2) is 5.61. The Morgan fingerprint density at radius 1 is 1.56 bits per heavy atom. The van der Waals surface area contributed by atoms with Crippen LogP contribution in [0.2, 0.25) is 0 Å². The maximum atomic E-state index is 13.1. The Hall–Kier alpha value is -1.42. The first-order valence-corrected chi connectivity index (χ1v) is 5.25. The number of rotatable bonds is 5. The van der Waals surface area contributed by atoms with Crippen molar-refractivity contribution >= 4 is 5.97 Å². The number of aryl methyl sites for hydroxylation is 1. The number of carbonyl (C=O) groups is 1. The first-order chi connectivity index (χ1) is 7.54. The minimum absolute atomic E-state index is 0.00108. The van der Waals surface area contributed by atoms with Gasteiger partial charge in [-0.25, -0.2) is 4.39 Å².